The summed E-state index contributed by atoms with van der Waals surface area (Å²) >= 11 is 0. The van der Waals surface area contributed by atoms with Crippen LogP contribution < -0.4 is 16.4 Å². The second-order valence-corrected chi connectivity index (χ2v) is 4.72. The minimum Gasteiger partial charge on any atom is -0.399 e. The number of aryl methyl sites for hydroxylation is 1. The van der Waals surface area contributed by atoms with Gasteiger partial charge in [0.15, 0.2) is 0 Å². The van der Waals surface area contributed by atoms with E-state index in [9.17, 15) is 9.18 Å². The van der Waals surface area contributed by atoms with Crippen LogP contribution >= 0.6 is 0 Å². The van der Waals surface area contributed by atoms with Gasteiger partial charge in [-0.2, -0.15) is 0 Å². The highest BCUT2D eigenvalue weighted by Crippen LogP contribution is 2.27. The van der Waals surface area contributed by atoms with E-state index in [1.807, 2.05) is 6.92 Å². The average Bonchev–Trinajstić information content (AvgIpc) is 2.43. The van der Waals surface area contributed by atoms with Crippen LogP contribution in [0.1, 0.15) is 22.8 Å². The van der Waals surface area contributed by atoms with Gasteiger partial charge >= 0.3 is 0 Å². The van der Waals surface area contributed by atoms with Gasteiger partial charge < -0.3 is 16.4 Å². The fraction of sp³-hybridized carbons (Fsp3) is 0.188. The van der Waals surface area contributed by atoms with Crippen molar-refractivity contribution in [3.63, 3.8) is 0 Å². The first-order valence-electron chi connectivity index (χ1n) is 6.72. The normalized spacial score (nSPS) is 10.2. The van der Waals surface area contributed by atoms with Crippen LogP contribution in [0.5, 0.6) is 0 Å². The van der Waals surface area contributed by atoms with Gasteiger partial charge in [0.25, 0.3) is 5.91 Å². The van der Waals surface area contributed by atoms with Crippen molar-refractivity contribution >= 4 is 23.0 Å². The number of nitrogens with one attached hydrogen (secondary N) is 2. The Balaban J connectivity index is 2.43. The second-order valence-electron chi connectivity index (χ2n) is 4.72. The van der Waals surface area contributed by atoms with Gasteiger partial charge in [-0.3, -0.25) is 4.79 Å². The van der Waals surface area contributed by atoms with Crippen LogP contribution in [0.3, 0.4) is 0 Å². The molecule has 1 amide bonds. The molecule has 0 heterocycles. The molecule has 0 aromatic heterocycles. The third-order valence-corrected chi connectivity index (χ3v) is 3.11. The van der Waals surface area contributed by atoms with Crippen LogP contribution in [-0.2, 0) is 0 Å². The van der Waals surface area contributed by atoms with Crippen molar-refractivity contribution in [3.05, 3.63) is 53.3 Å². The smallest absolute Gasteiger partial charge is 0.253 e. The molecule has 0 unspecified atom stereocenters. The second kappa shape index (κ2) is 6.26. The van der Waals surface area contributed by atoms with E-state index in [4.69, 9.17) is 5.73 Å². The van der Waals surface area contributed by atoms with Gasteiger partial charge in [0.1, 0.15) is 5.82 Å². The predicted molar refractivity (Wildman–Crippen MR) is 83.3 cm³/mol. The summed E-state index contributed by atoms with van der Waals surface area (Å²) in [5.74, 6) is -0.603. The molecule has 21 heavy (non-hydrogen) atoms. The molecule has 110 valence electrons. The third-order valence-electron chi connectivity index (χ3n) is 3.11. The van der Waals surface area contributed by atoms with Gasteiger partial charge in [-0.25, -0.2) is 4.39 Å². The summed E-state index contributed by atoms with van der Waals surface area (Å²) in [6, 6.07) is 9.69. The highest BCUT2D eigenvalue weighted by Gasteiger charge is 2.13. The van der Waals surface area contributed by atoms with E-state index in [0.29, 0.717) is 29.2 Å². The fourth-order valence-corrected chi connectivity index (χ4v) is 2.04. The number of halogens is 1. The Morgan fingerprint density at radius 2 is 2.05 bits per heavy atom. The van der Waals surface area contributed by atoms with Gasteiger partial charge in [-0.1, -0.05) is 12.1 Å². The number of amides is 1. The number of rotatable bonds is 4. The summed E-state index contributed by atoms with van der Waals surface area (Å²) in [5, 5.41) is 5.70. The summed E-state index contributed by atoms with van der Waals surface area (Å²) in [5.41, 5.74) is 8.26. The Morgan fingerprint density at radius 3 is 2.71 bits per heavy atom. The molecule has 0 saturated heterocycles. The number of para-hydroxylation sites is 1. The van der Waals surface area contributed by atoms with E-state index >= 15 is 0 Å². The Morgan fingerprint density at radius 1 is 1.29 bits per heavy atom. The van der Waals surface area contributed by atoms with E-state index in [0.717, 1.165) is 5.56 Å². The lowest BCUT2D eigenvalue weighted by Gasteiger charge is -2.15. The Kier molecular flexibility index (Phi) is 4.42. The first-order chi connectivity index (χ1) is 10.0. The molecule has 5 heteroatoms. The maximum atomic E-state index is 13.9. The van der Waals surface area contributed by atoms with Gasteiger partial charge in [0.2, 0.25) is 0 Å². The van der Waals surface area contributed by atoms with Crippen molar-refractivity contribution in [1.82, 2.24) is 5.32 Å². The molecule has 4 N–H and O–H groups in total. The standard InChI is InChI=1S/C16H18FN3O/c1-3-19-16(21)12-8-7-11(18)9-14(12)20-15-10(2)5-4-6-13(15)17/h4-9,20H,3,18H2,1-2H3,(H,19,21). The number of anilines is 3. The largest absolute Gasteiger partial charge is 0.399 e. The highest BCUT2D eigenvalue weighted by atomic mass is 19.1. The summed E-state index contributed by atoms with van der Waals surface area (Å²) < 4.78 is 13.9. The molecular weight excluding hydrogens is 269 g/mol. The molecule has 0 bridgehead atoms. The lowest BCUT2D eigenvalue weighted by molar-refractivity contribution is 0.0956. The first-order valence-corrected chi connectivity index (χ1v) is 6.72. The van der Waals surface area contributed by atoms with E-state index < -0.39 is 0 Å². The number of hydrogen-bond acceptors (Lipinski definition) is 3. The molecule has 0 atom stereocenters. The van der Waals surface area contributed by atoms with E-state index in [-0.39, 0.29) is 11.7 Å². The topological polar surface area (TPSA) is 67.2 Å². The SMILES string of the molecule is CCNC(=O)c1ccc(N)cc1Nc1c(C)cccc1F. The van der Waals surface area contributed by atoms with Crippen molar-refractivity contribution in [2.75, 3.05) is 17.6 Å². The quantitative estimate of drug-likeness (QED) is 0.756. The summed E-state index contributed by atoms with van der Waals surface area (Å²) in [6.45, 7) is 4.15. The molecule has 0 aliphatic heterocycles. The lowest BCUT2D eigenvalue weighted by Crippen LogP contribution is -2.23. The van der Waals surface area contributed by atoms with Crippen LogP contribution in [0.25, 0.3) is 0 Å². The Bertz CT molecular complexity index is 650. The molecule has 2 aromatic carbocycles. The van der Waals surface area contributed by atoms with E-state index in [1.165, 1.54) is 6.07 Å². The lowest BCUT2D eigenvalue weighted by atomic mass is 10.1. The first kappa shape index (κ1) is 14.8. The van der Waals surface area contributed by atoms with Gasteiger partial charge in [0, 0.05) is 12.2 Å². The molecule has 0 radical (unpaired) electrons. The molecule has 0 aliphatic rings. The maximum Gasteiger partial charge on any atom is 0.253 e. The molecule has 4 nitrogen and oxygen atoms in total. The molecule has 0 saturated carbocycles. The Labute approximate surface area is 123 Å². The van der Waals surface area contributed by atoms with Crippen LogP contribution in [0.15, 0.2) is 36.4 Å². The zero-order valence-corrected chi connectivity index (χ0v) is 12.0. The van der Waals surface area contributed by atoms with Crippen LogP contribution in [0.2, 0.25) is 0 Å². The Hall–Kier alpha value is -2.56. The minimum atomic E-state index is -0.376. The zero-order valence-electron chi connectivity index (χ0n) is 12.0. The molecule has 0 fully saturated rings. The fourth-order valence-electron chi connectivity index (χ4n) is 2.04. The highest BCUT2D eigenvalue weighted by molar-refractivity contribution is 6.01. The third kappa shape index (κ3) is 3.31. The molecule has 0 spiro atoms. The molecule has 2 aromatic rings. The number of nitrogen functional groups attached to an aromatic ring is 1. The van der Waals surface area contributed by atoms with Crippen molar-refractivity contribution in [2.45, 2.75) is 13.8 Å². The summed E-state index contributed by atoms with van der Waals surface area (Å²) in [6.07, 6.45) is 0. The predicted octanol–water partition coefficient (Wildman–Crippen LogP) is 3.21. The number of hydrogen-bond donors (Lipinski definition) is 3. The average molecular weight is 287 g/mol. The van der Waals surface area contributed by atoms with Crippen LogP contribution in [0, 0.1) is 12.7 Å². The van der Waals surface area contributed by atoms with Crippen molar-refractivity contribution < 1.29 is 9.18 Å². The number of carbonyl (C=O) groups is 1. The molecule has 2 rings (SSSR count). The van der Waals surface area contributed by atoms with Crippen molar-refractivity contribution in [3.8, 4) is 0 Å². The molecular formula is C16H18FN3O. The summed E-state index contributed by atoms with van der Waals surface area (Å²) in [7, 11) is 0. The van der Waals surface area contributed by atoms with E-state index in [2.05, 4.69) is 10.6 Å². The van der Waals surface area contributed by atoms with Crippen molar-refractivity contribution in [1.29, 1.82) is 0 Å². The van der Waals surface area contributed by atoms with Gasteiger partial charge in [-0.05, 0) is 43.7 Å². The zero-order chi connectivity index (χ0) is 15.4. The minimum absolute atomic E-state index is 0.228. The van der Waals surface area contributed by atoms with Crippen LogP contribution in [0.4, 0.5) is 21.5 Å². The van der Waals surface area contributed by atoms with Gasteiger partial charge in [-0.15, -0.1) is 0 Å². The van der Waals surface area contributed by atoms with E-state index in [1.54, 1.807) is 37.3 Å². The monoisotopic (exact) mass is 287 g/mol. The van der Waals surface area contributed by atoms with Crippen molar-refractivity contribution in [2.24, 2.45) is 0 Å². The number of carbonyl (C=O) groups excluding carboxylic acids is 1. The number of benzene rings is 2. The number of nitrogens with two attached hydrogens (primary N) is 1. The molecule has 0 aliphatic carbocycles. The maximum absolute atomic E-state index is 13.9. The van der Waals surface area contributed by atoms with Gasteiger partial charge in [0.05, 0.1) is 16.9 Å². The summed E-state index contributed by atoms with van der Waals surface area (Å²) in [4.78, 5) is 12.1. The van der Waals surface area contributed by atoms with Crippen LogP contribution in [-0.4, -0.2) is 12.5 Å².